The number of anilines is 2. The molecule has 1 aliphatic rings. The van der Waals surface area contributed by atoms with Crippen LogP contribution in [-0.4, -0.2) is 28.5 Å². The molecule has 0 saturated carbocycles. The van der Waals surface area contributed by atoms with Gasteiger partial charge in [0.05, 0.1) is 11.2 Å². The van der Waals surface area contributed by atoms with E-state index in [0.29, 0.717) is 29.0 Å². The third kappa shape index (κ3) is 1.85. The molecule has 1 aromatic carbocycles. The van der Waals surface area contributed by atoms with Crippen LogP contribution in [0.15, 0.2) is 24.5 Å². The number of fused-ring (bicyclic) bond motifs is 1. The summed E-state index contributed by atoms with van der Waals surface area (Å²) in [6.07, 6.45) is 1.62. The molecule has 0 radical (unpaired) electrons. The van der Waals surface area contributed by atoms with Crippen molar-refractivity contribution in [3.8, 4) is 0 Å². The fourth-order valence-corrected chi connectivity index (χ4v) is 2.10. The smallest absolute Gasteiger partial charge is 0.328 e. The highest BCUT2D eigenvalue weighted by molar-refractivity contribution is 6.10. The lowest BCUT2D eigenvalue weighted by molar-refractivity contribution is -0.120. The van der Waals surface area contributed by atoms with Gasteiger partial charge in [-0.05, 0) is 12.1 Å². The molecule has 0 spiro atoms. The van der Waals surface area contributed by atoms with Gasteiger partial charge in [-0.1, -0.05) is 6.07 Å². The van der Waals surface area contributed by atoms with E-state index in [1.807, 2.05) is 0 Å². The van der Waals surface area contributed by atoms with Gasteiger partial charge < -0.3 is 5.73 Å². The molecule has 0 bridgehead atoms. The molecule has 1 saturated heterocycles. The van der Waals surface area contributed by atoms with Crippen molar-refractivity contribution in [1.82, 2.24) is 15.3 Å². The van der Waals surface area contributed by atoms with E-state index < -0.39 is 6.03 Å². The molecule has 2 heterocycles. The number of carbonyl (C=O) groups excluding carboxylic acids is 2. The first-order valence-corrected chi connectivity index (χ1v) is 5.77. The molecule has 3 amide bonds. The Bertz CT molecular complexity index is 685. The Morgan fingerprint density at radius 1 is 1.26 bits per heavy atom. The minimum atomic E-state index is -0.444. The molecule has 2 aromatic rings. The van der Waals surface area contributed by atoms with Gasteiger partial charge in [0.25, 0.3) is 0 Å². The molecule has 7 heteroatoms. The van der Waals surface area contributed by atoms with Gasteiger partial charge in [0, 0.05) is 18.4 Å². The van der Waals surface area contributed by atoms with Gasteiger partial charge in [-0.15, -0.1) is 0 Å². The highest BCUT2D eigenvalue weighted by Crippen LogP contribution is 2.28. The second-order valence-corrected chi connectivity index (χ2v) is 4.19. The molecule has 0 unspecified atom stereocenters. The largest absolute Gasteiger partial charge is 0.383 e. The zero-order valence-corrected chi connectivity index (χ0v) is 9.96. The van der Waals surface area contributed by atoms with Crippen LogP contribution in [0.4, 0.5) is 16.3 Å². The van der Waals surface area contributed by atoms with Crippen molar-refractivity contribution >= 4 is 34.3 Å². The molecule has 19 heavy (non-hydrogen) atoms. The number of benzene rings is 1. The van der Waals surface area contributed by atoms with Gasteiger partial charge in [-0.25, -0.2) is 14.8 Å². The van der Waals surface area contributed by atoms with Crippen LogP contribution in [0.2, 0.25) is 0 Å². The van der Waals surface area contributed by atoms with Crippen LogP contribution in [0, 0.1) is 0 Å². The number of hydrogen-bond acceptors (Lipinski definition) is 5. The summed E-state index contributed by atoms with van der Waals surface area (Å²) >= 11 is 0. The van der Waals surface area contributed by atoms with Gasteiger partial charge in [-0.2, -0.15) is 0 Å². The summed E-state index contributed by atoms with van der Waals surface area (Å²) in [5.41, 5.74) is 7.01. The number of hydrogen-bond donors (Lipinski definition) is 2. The third-order valence-electron chi connectivity index (χ3n) is 3.02. The summed E-state index contributed by atoms with van der Waals surface area (Å²) in [6.45, 7) is 0.327. The van der Waals surface area contributed by atoms with Crippen molar-refractivity contribution in [3.63, 3.8) is 0 Å². The van der Waals surface area contributed by atoms with Crippen molar-refractivity contribution in [2.24, 2.45) is 0 Å². The van der Waals surface area contributed by atoms with E-state index in [2.05, 4.69) is 15.3 Å². The fraction of sp³-hybridized carbons (Fsp3) is 0.167. The minimum absolute atomic E-state index is 0.267. The van der Waals surface area contributed by atoms with E-state index in [1.54, 1.807) is 18.2 Å². The van der Waals surface area contributed by atoms with Crippen LogP contribution < -0.4 is 16.0 Å². The number of nitrogens with two attached hydrogens (primary N) is 1. The van der Waals surface area contributed by atoms with Crippen molar-refractivity contribution in [2.45, 2.75) is 6.42 Å². The molecule has 96 valence electrons. The first-order valence-electron chi connectivity index (χ1n) is 5.77. The third-order valence-corrected chi connectivity index (χ3v) is 3.02. The standard InChI is InChI=1S/C12H11N5O2/c13-11-7-2-1-3-8(10(7)14-6-15-11)17-5-4-9(18)16-12(17)19/h1-3,6H,4-5H2,(H2,13,14,15)(H,16,18,19). The molecule has 3 rings (SSSR count). The number of rotatable bonds is 1. The quantitative estimate of drug-likeness (QED) is 0.781. The van der Waals surface area contributed by atoms with Crippen molar-refractivity contribution < 1.29 is 9.59 Å². The van der Waals surface area contributed by atoms with Crippen LogP contribution in [0.25, 0.3) is 10.9 Å². The molecule has 3 N–H and O–H groups in total. The summed E-state index contributed by atoms with van der Waals surface area (Å²) in [6, 6.07) is 4.90. The van der Waals surface area contributed by atoms with E-state index in [0.717, 1.165) is 0 Å². The molecule has 1 aromatic heterocycles. The minimum Gasteiger partial charge on any atom is -0.383 e. The average Bonchev–Trinajstić information content (AvgIpc) is 2.39. The predicted molar refractivity (Wildman–Crippen MR) is 69.5 cm³/mol. The van der Waals surface area contributed by atoms with E-state index >= 15 is 0 Å². The number of carbonyl (C=O) groups is 2. The number of aromatic nitrogens is 2. The van der Waals surface area contributed by atoms with E-state index in [1.165, 1.54) is 11.2 Å². The number of urea groups is 1. The second kappa shape index (κ2) is 4.20. The summed E-state index contributed by atoms with van der Waals surface area (Å²) in [5, 5.41) is 2.97. The molecule has 0 aliphatic carbocycles. The Morgan fingerprint density at radius 3 is 2.89 bits per heavy atom. The van der Waals surface area contributed by atoms with Gasteiger partial charge in [0.2, 0.25) is 5.91 Å². The molecule has 0 atom stereocenters. The van der Waals surface area contributed by atoms with Crippen molar-refractivity contribution in [3.05, 3.63) is 24.5 Å². The topological polar surface area (TPSA) is 101 Å². The molecular formula is C12H11N5O2. The van der Waals surface area contributed by atoms with Crippen molar-refractivity contribution in [1.29, 1.82) is 0 Å². The Kier molecular flexibility index (Phi) is 2.52. The van der Waals surface area contributed by atoms with E-state index in [4.69, 9.17) is 5.73 Å². The Balaban J connectivity index is 2.13. The number of nitrogen functional groups attached to an aromatic ring is 1. The van der Waals surface area contributed by atoms with Gasteiger partial charge in [-0.3, -0.25) is 15.0 Å². The predicted octanol–water partition coefficient (Wildman–Crippen LogP) is 0.658. The summed E-state index contributed by atoms with van der Waals surface area (Å²) in [7, 11) is 0. The van der Waals surface area contributed by atoms with Crippen molar-refractivity contribution in [2.75, 3.05) is 17.2 Å². The number of imide groups is 1. The lowest BCUT2D eigenvalue weighted by Gasteiger charge is -2.27. The molecular weight excluding hydrogens is 246 g/mol. The van der Waals surface area contributed by atoms with Crippen LogP contribution in [-0.2, 0) is 4.79 Å². The highest BCUT2D eigenvalue weighted by Gasteiger charge is 2.25. The Hall–Kier alpha value is -2.70. The normalized spacial score (nSPS) is 15.7. The lowest BCUT2D eigenvalue weighted by Crippen LogP contribution is -2.49. The van der Waals surface area contributed by atoms with Gasteiger partial charge in [0.15, 0.2) is 0 Å². The molecule has 1 aliphatic heterocycles. The Labute approximate surface area is 108 Å². The average molecular weight is 257 g/mol. The molecule has 1 fully saturated rings. The second-order valence-electron chi connectivity index (χ2n) is 4.19. The first kappa shape index (κ1) is 11.4. The maximum absolute atomic E-state index is 11.9. The Morgan fingerprint density at radius 2 is 2.11 bits per heavy atom. The fourth-order valence-electron chi connectivity index (χ4n) is 2.10. The number of nitrogens with one attached hydrogen (secondary N) is 1. The molecule has 7 nitrogen and oxygen atoms in total. The maximum Gasteiger partial charge on any atom is 0.328 e. The highest BCUT2D eigenvalue weighted by atomic mass is 16.2. The SMILES string of the molecule is Nc1ncnc2c(N3CCC(=O)NC3=O)cccc12. The monoisotopic (exact) mass is 257 g/mol. The maximum atomic E-state index is 11.9. The number of nitrogens with zero attached hydrogens (tertiary/aromatic N) is 3. The zero-order chi connectivity index (χ0) is 13.4. The lowest BCUT2D eigenvalue weighted by atomic mass is 10.1. The summed E-state index contributed by atoms with van der Waals surface area (Å²) < 4.78 is 0. The number of para-hydroxylation sites is 1. The summed E-state index contributed by atoms with van der Waals surface area (Å²) in [4.78, 5) is 32.6. The first-order chi connectivity index (χ1) is 9.16. The van der Waals surface area contributed by atoms with Crippen LogP contribution in [0.3, 0.4) is 0 Å². The van der Waals surface area contributed by atoms with Crippen LogP contribution in [0.5, 0.6) is 0 Å². The van der Waals surface area contributed by atoms with Gasteiger partial charge >= 0.3 is 6.03 Å². The van der Waals surface area contributed by atoms with Crippen LogP contribution in [0.1, 0.15) is 6.42 Å². The van der Waals surface area contributed by atoms with E-state index in [9.17, 15) is 9.59 Å². The summed E-state index contributed by atoms with van der Waals surface area (Å²) in [5.74, 6) is 0.0935. The van der Waals surface area contributed by atoms with Gasteiger partial charge in [0.1, 0.15) is 12.1 Å². The number of amides is 3. The zero-order valence-electron chi connectivity index (χ0n) is 9.96. The van der Waals surface area contributed by atoms with E-state index in [-0.39, 0.29) is 12.3 Å². The van der Waals surface area contributed by atoms with Crippen LogP contribution >= 0.6 is 0 Å².